The maximum absolute atomic E-state index is 13.1. The van der Waals surface area contributed by atoms with Crippen LogP contribution in [-0.4, -0.2) is 51.8 Å². The van der Waals surface area contributed by atoms with E-state index in [1.807, 2.05) is 34.8 Å². The quantitative estimate of drug-likeness (QED) is 0.676. The van der Waals surface area contributed by atoms with Crippen LogP contribution in [0.5, 0.6) is 0 Å². The van der Waals surface area contributed by atoms with Crippen LogP contribution in [0.15, 0.2) is 48.7 Å². The maximum atomic E-state index is 13.1. The molecule has 5 rings (SSSR count). The van der Waals surface area contributed by atoms with Crippen molar-refractivity contribution in [2.24, 2.45) is 7.05 Å². The Morgan fingerprint density at radius 1 is 0.933 bits per heavy atom. The van der Waals surface area contributed by atoms with Gasteiger partial charge in [0.05, 0.1) is 11.3 Å². The molecule has 6 heteroatoms. The minimum absolute atomic E-state index is 0.115. The van der Waals surface area contributed by atoms with E-state index in [0.29, 0.717) is 0 Å². The Morgan fingerprint density at radius 2 is 1.70 bits per heavy atom. The van der Waals surface area contributed by atoms with Crippen molar-refractivity contribution in [3.05, 3.63) is 65.5 Å². The predicted octanol–water partition coefficient (Wildman–Crippen LogP) is 3.32. The monoisotopic (exact) mass is 401 g/mol. The van der Waals surface area contributed by atoms with Gasteiger partial charge in [0.2, 0.25) is 0 Å². The van der Waals surface area contributed by atoms with E-state index in [-0.39, 0.29) is 5.91 Å². The Hall–Kier alpha value is -3.15. The first kappa shape index (κ1) is 18.9. The average molecular weight is 402 g/mol. The first-order valence-corrected chi connectivity index (χ1v) is 10.8. The highest BCUT2D eigenvalue weighted by Gasteiger charge is 2.27. The molecule has 0 spiro atoms. The van der Waals surface area contributed by atoms with Crippen LogP contribution in [0.2, 0.25) is 0 Å². The third-order valence-electron chi connectivity index (χ3n) is 6.28. The first-order valence-electron chi connectivity index (χ1n) is 10.8. The number of amides is 1. The van der Waals surface area contributed by atoms with Gasteiger partial charge >= 0.3 is 0 Å². The lowest BCUT2D eigenvalue weighted by Gasteiger charge is -2.25. The summed E-state index contributed by atoms with van der Waals surface area (Å²) >= 11 is 0. The Balaban J connectivity index is 1.44. The Kier molecular flexibility index (Phi) is 4.99. The zero-order valence-corrected chi connectivity index (χ0v) is 17.4. The van der Waals surface area contributed by atoms with Gasteiger partial charge in [-0.2, -0.15) is 5.10 Å². The number of rotatable bonds is 3. The summed E-state index contributed by atoms with van der Waals surface area (Å²) in [6.07, 6.45) is 5.76. The van der Waals surface area contributed by atoms with Gasteiger partial charge in [-0.1, -0.05) is 30.3 Å². The van der Waals surface area contributed by atoms with Gasteiger partial charge in [0, 0.05) is 62.7 Å². The molecule has 0 saturated carbocycles. The molecule has 0 atom stereocenters. The summed E-state index contributed by atoms with van der Waals surface area (Å²) in [6, 6.07) is 14.2. The molecule has 6 nitrogen and oxygen atoms in total. The zero-order chi connectivity index (χ0) is 20.5. The number of aryl methyl sites for hydroxylation is 1. The van der Waals surface area contributed by atoms with E-state index in [2.05, 4.69) is 34.1 Å². The van der Waals surface area contributed by atoms with Crippen molar-refractivity contribution >= 4 is 11.7 Å². The standard InChI is InChI=1S/C24H27N5O/c1-27-21-12-17-28(16-11-19(21)22(26-27)18-8-3-2-4-9-18)23-20(10-7-13-25-23)24(30)29-14-5-6-15-29/h2-4,7-10,13H,5-6,11-12,14-17H2,1H3. The fourth-order valence-corrected chi connectivity index (χ4v) is 4.72. The number of pyridine rings is 1. The normalized spacial score (nSPS) is 16.4. The second-order valence-electron chi connectivity index (χ2n) is 8.12. The Morgan fingerprint density at radius 3 is 2.50 bits per heavy atom. The first-order chi connectivity index (χ1) is 14.7. The van der Waals surface area contributed by atoms with Crippen LogP contribution in [0.1, 0.15) is 34.5 Å². The summed E-state index contributed by atoms with van der Waals surface area (Å²) in [7, 11) is 2.03. The van der Waals surface area contributed by atoms with Crippen molar-refractivity contribution < 1.29 is 4.79 Å². The molecule has 2 aliphatic heterocycles. The minimum Gasteiger partial charge on any atom is -0.355 e. The summed E-state index contributed by atoms with van der Waals surface area (Å²) in [5, 5.41) is 4.82. The topological polar surface area (TPSA) is 54.3 Å². The van der Waals surface area contributed by atoms with Crippen LogP contribution in [0.4, 0.5) is 5.82 Å². The van der Waals surface area contributed by atoms with Crippen molar-refractivity contribution in [2.75, 3.05) is 31.1 Å². The third-order valence-corrected chi connectivity index (χ3v) is 6.28. The lowest BCUT2D eigenvalue weighted by Crippen LogP contribution is -2.33. The molecule has 1 saturated heterocycles. The number of hydrogen-bond acceptors (Lipinski definition) is 4. The number of aromatic nitrogens is 3. The molecule has 3 aromatic rings. The van der Waals surface area contributed by atoms with Crippen molar-refractivity contribution in [3.63, 3.8) is 0 Å². The van der Waals surface area contributed by atoms with Gasteiger partial charge in [-0.25, -0.2) is 4.98 Å². The van der Waals surface area contributed by atoms with Gasteiger partial charge in [-0.05, 0) is 31.4 Å². The third kappa shape index (κ3) is 3.36. The molecule has 2 aliphatic rings. The summed E-state index contributed by atoms with van der Waals surface area (Å²) in [5.41, 5.74) is 5.55. The van der Waals surface area contributed by atoms with Crippen LogP contribution in [0, 0.1) is 0 Å². The molecule has 1 fully saturated rings. The second-order valence-corrected chi connectivity index (χ2v) is 8.12. The fourth-order valence-electron chi connectivity index (χ4n) is 4.72. The van der Waals surface area contributed by atoms with Crippen molar-refractivity contribution in [1.29, 1.82) is 0 Å². The van der Waals surface area contributed by atoms with E-state index in [1.165, 1.54) is 11.3 Å². The molecule has 1 amide bonds. The molecule has 0 aliphatic carbocycles. The van der Waals surface area contributed by atoms with Crippen LogP contribution in [0.25, 0.3) is 11.3 Å². The minimum atomic E-state index is 0.115. The highest BCUT2D eigenvalue weighted by Crippen LogP contribution is 2.30. The van der Waals surface area contributed by atoms with Gasteiger partial charge in [0.25, 0.3) is 5.91 Å². The molecule has 0 unspecified atom stereocenters. The highest BCUT2D eigenvalue weighted by atomic mass is 16.2. The number of likely N-dealkylation sites (tertiary alicyclic amines) is 1. The van der Waals surface area contributed by atoms with Crippen LogP contribution < -0.4 is 4.90 Å². The van der Waals surface area contributed by atoms with Crippen LogP contribution in [-0.2, 0) is 19.9 Å². The molecule has 0 N–H and O–H groups in total. The smallest absolute Gasteiger partial charge is 0.257 e. The van der Waals surface area contributed by atoms with Gasteiger partial charge in [0.15, 0.2) is 0 Å². The summed E-state index contributed by atoms with van der Waals surface area (Å²) in [4.78, 5) is 22.0. The number of benzene rings is 1. The summed E-state index contributed by atoms with van der Waals surface area (Å²) in [6.45, 7) is 3.36. The lowest BCUT2D eigenvalue weighted by atomic mass is 10.0. The number of carbonyl (C=O) groups is 1. The lowest BCUT2D eigenvalue weighted by molar-refractivity contribution is 0.0793. The number of anilines is 1. The van der Waals surface area contributed by atoms with Crippen molar-refractivity contribution in [2.45, 2.75) is 25.7 Å². The van der Waals surface area contributed by atoms with Gasteiger partial charge < -0.3 is 9.80 Å². The summed E-state index contributed by atoms with van der Waals surface area (Å²) < 4.78 is 2.02. The largest absolute Gasteiger partial charge is 0.355 e. The van der Waals surface area contributed by atoms with Gasteiger partial charge in [-0.15, -0.1) is 0 Å². The Bertz CT molecular complexity index is 1050. The highest BCUT2D eigenvalue weighted by molar-refractivity contribution is 5.99. The molecule has 30 heavy (non-hydrogen) atoms. The zero-order valence-electron chi connectivity index (χ0n) is 17.4. The van der Waals surface area contributed by atoms with Crippen molar-refractivity contribution in [3.8, 4) is 11.3 Å². The van der Waals surface area contributed by atoms with E-state index < -0.39 is 0 Å². The molecule has 4 heterocycles. The van der Waals surface area contributed by atoms with E-state index in [4.69, 9.17) is 5.10 Å². The molecule has 0 bridgehead atoms. The van der Waals surface area contributed by atoms with E-state index >= 15 is 0 Å². The number of hydrogen-bond donors (Lipinski definition) is 0. The molecule has 154 valence electrons. The summed E-state index contributed by atoms with van der Waals surface area (Å²) in [5.74, 6) is 0.931. The SMILES string of the molecule is Cn1nc(-c2ccccc2)c2c1CCN(c1ncccc1C(=O)N1CCCC1)CC2. The number of fused-ring (bicyclic) bond motifs is 1. The maximum Gasteiger partial charge on any atom is 0.257 e. The molecule has 2 aromatic heterocycles. The second kappa shape index (κ2) is 7.94. The number of carbonyl (C=O) groups excluding carboxylic acids is 1. The van der Waals surface area contributed by atoms with E-state index in [1.54, 1.807) is 6.20 Å². The van der Waals surface area contributed by atoms with Crippen LogP contribution >= 0.6 is 0 Å². The predicted molar refractivity (Wildman–Crippen MR) is 118 cm³/mol. The molecule has 0 radical (unpaired) electrons. The molecular formula is C24H27N5O. The Labute approximate surface area is 177 Å². The number of nitrogens with zero attached hydrogens (tertiary/aromatic N) is 5. The molecule has 1 aromatic carbocycles. The van der Waals surface area contributed by atoms with E-state index in [0.717, 1.165) is 74.5 Å². The van der Waals surface area contributed by atoms with Crippen LogP contribution in [0.3, 0.4) is 0 Å². The van der Waals surface area contributed by atoms with Crippen molar-refractivity contribution in [1.82, 2.24) is 19.7 Å². The fraction of sp³-hybridized carbons (Fsp3) is 0.375. The average Bonchev–Trinajstić information content (AvgIpc) is 3.37. The van der Waals surface area contributed by atoms with Gasteiger partial charge in [0.1, 0.15) is 5.82 Å². The van der Waals surface area contributed by atoms with Gasteiger partial charge in [-0.3, -0.25) is 9.48 Å². The van der Waals surface area contributed by atoms with E-state index in [9.17, 15) is 4.79 Å². The molecular weight excluding hydrogens is 374 g/mol.